The lowest BCUT2D eigenvalue weighted by Crippen LogP contribution is -2.31. The third-order valence-corrected chi connectivity index (χ3v) is 6.89. The summed E-state index contributed by atoms with van der Waals surface area (Å²) >= 11 is 0. The van der Waals surface area contributed by atoms with Gasteiger partial charge in [0.1, 0.15) is 6.10 Å². The number of carbonyl (C=O) groups excluding carboxylic acids is 3. The molecule has 12 nitrogen and oxygen atoms in total. The van der Waals surface area contributed by atoms with Gasteiger partial charge in [-0.1, -0.05) is 25.0 Å². The Kier molecular flexibility index (Phi) is 19.7. The number of nitrogens with one attached hydrogen (secondary N) is 4. The maximum absolute atomic E-state index is 11.9. The van der Waals surface area contributed by atoms with Crippen LogP contribution in [0.25, 0.3) is 0 Å². The number of unbranched alkanes of at least 4 members (excludes halogenated alkanes) is 2. The van der Waals surface area contributed by atoms with Crippen LogP contribution < -0.4 is 21.3 Å². The first-order chi connectivity index (χ1) is 20.0. The van der Waals surface area contributed by atoms with Crippen LogP contribution in [0, 0.1) is 0 Å². The molecular formula is C29H52N4O8. The van der Waals surface area contributed by atoms with E-state index in [4.69, 9.17) is 23.7 Å². The van der Waals surface area contributed by atoms with E-state index < -0.39 is 0 Å². The van der Waals surface area contributed by atoms with E-state index in [1.54, 1.807) is 0 Å². The SMILES string of the molecule is C[C@@H]1NC(=O)N[C@@H]1CCCCCC(=O)NCCOCCOCCOCCOCCNC(=O)OC1CC/C=C/CCC1. The van der Waals surface area contributed by atoms with Crippen molar-refractivity contribution in [2.24, 2.45) is 0 Å². The summed E-state index contributed by atoms with van der Waals surface area (Å²) in [5.41, 5.74) is 0. The van der Waals surface area contributed by atoms with Gasteiger partial charge < -0.3 is 45.0 Å². The Balaban J connectivity index is 1.24. The van der Waals surface area contributed by atoms with Crippen LogP contribution in [0.1, 0.15) is 71.1 Å². The normalized spacial score (nSPS) is 21.3. The molecule has 12 heteroatoms. The van der Waals surface area contributed by atoms with Gasteiger partial charge in [0.25, 0.3) is 0 Å². The highest BCUT2D eigenvalue weighted by Crippen LogP contribution is 2.15. The van der Waals surface area contributed by atoms with Crippen LogP contribution in [0.5, 0.6) is 0 Å². The lowest BCUT2D eigenvalue weighted by Gasteiger charge is -2.18. The van der Waals surface area contributed by atoms with E-state index in [0.717, 1.165) is 57.8 Å². The summed E-state index contributed by atoms with van der Waals surface area (Å²) in [6.45, 7) is 6.47. The van der Waals surface area contributed by atoms with Crippen molar-refractivity contribution in [2.45, 2.75) is 89.3 Å². The van der Waals surface area contributed by atoms with Crippen molar-refractivity contribution < 1.29 is 38.1 Å². The fourth-order valence-corrected chi connectivity index (χ4v) is 4.57. The maximum Gasteiger partial charge on any atom is 0.407 e. The van der Waals surface area contributed by atoms with Gasteiger partial charge in [-0.05, 0) is 51.9 Å². The number of allylic oxidation sites excluding steroid dienone is 2. The number of ether oxygens (including phenoxy) is 5. The van der Waals surface area contributed by atoms with Crippen molar-refractivity contribution in [3.05, 3.63) is 12.2 Å². The van der Waals surface area contributed by atoms with E-state index >= 15 is 0 Å². The van der Waals surface area contributed by atoms with Crippen molar-refractivity contribution in [3.8, 4) is 0 Å². The van der Waals surface area contributed by atoms with Crippen LogP contribution >= 0.6 is 0 Å². The zero-order valence-corrected chi connectivity index (χ0v) is 24.8. The Labute approximate surface area is 245 Å². The van der Waals surface area contributed by atoms with Crippen molar-refractivity contribution in [3.63, 3.8) is 0 Å². The molecule has 1 fully saturated rings. The number of amides is 4. The first-order valence-electron chi connectivity index (χ1n) is 15.3. The molecule has 1 saturated heterocycles. The fraction of sp³-hybridized carbons (Fsp3) is 0.828. The summed E-state index contributed by atoms with van der Waals surface area (Å²) in [7, 11) is 0. The molecule has 0 aromatic heterocycles. The monoisotopic (exact) mass is 584 g/mol. The first-order valence-corrected chi connectivity index (χ1v) is 15.3. The zero-order chi connectivity index (χ0) is 29.4. The lowest BCUT2D eigenvalue weighted by atomic mass is 10.0. The van der Waals surface area contributed by atoms with Crippen LogP contribution in [-0.2, 0) is 28.5 Å². The van der Waals surface area contributed by atoms with Crippen molar-refractivity contribution >= 4 is 18.0 Å². The highest BCUT2D eigenvalue weighted by Gasteiger charge is 2.26. The average molecular weight is 585 g/mol. The van der Waals surface area contributed by atoms with E-state index in [0.29, 0.717) is 72.4 Å². The van der Waals surface area contributed by atoms with Crippen molar-refractivity contribution in [1.82, 2.24) is 21.3 Å². The lowest BCUT2D eigenvalue weighted by molar-refractivity contribution is -0.121. The van der Waals surface area contributed by atoms with Gasteiger partial charge in [0.15, 0.2) is 0 Å². The topological polar surface area (TPSA) is 145 Å². The molecule has 1 aliphatic heterocycles. The predicted molar refractivity (Wildman–Crippen MR) is 155 cm³/mol. The van der Waals surface area contributed by atoms with Crippen molar-refractivity contribution in [1.29, 1.82) is 0 Å². The van der Waals surface area contributed by atoms with Gasteiger partial charge >= 0.3 is 12.1 Å². The van der Waals surface area contributed by atoms with Gasteiger partial charge in [0.05, 0.1) is 58.9 Å². The van der Waals surface area contributed by atoms with Crippen molar-refractivity contribution in [2.75, 3.05) is 65.9 Å². The zero-order valence-electron chi connectivity index (χ0n) is 24.8. The van der Waals surface area contributed by atoms with Gasteiger partial charge in [-0.25, -0.2) is 9.59 Å². The molecule has 0 spiro atoms. The molecule has 2 rings (SSSR count). The molecule has 0 aromatic rings. The summed E-state index contributed by atoms with van der Waals surface area (Å²) < 4.78 is 27.3. The molecule has 41 heavy (non-hydrogen) atoms. The minimum absolute atomic E-state index is 0.00953. The molecule has 0 saturated carbocycles. The minimum atomic E-state index is -0.381. The largest absolute Gasteiger partial charge is 0.446 e. The Morgan fingerprint density at radius 1 is 0.805 bits per heavy atom. The Morgan fingerprint density at radius 2 is 1.44 bits per heavy atom. The van der Waals surface area contributed by atoms with Gasteiger partial charge in [0.2, 0.25) is 5.91 Å². The number of carbonyl (C=O) groups is 3. The first kappa shape index (κ1) is 34.8. The maximum atomic E-state index is 11.9. The molecule has 0 bridgehead atoms. The Morgan fingerprint density at radius 3 is 2.10 bits per heavy atom. The van der Waals surface area contributed by atoms with E-state index in [1.807, 2.05) is 6.92 Å². The molecule has 236 valence electrons. The van der Waals surface area contributed by atoms with Gasteiger partial charge in [-0.2, -0.15) is 0 Å². The molecule has 1 unspecified atom stereocenters. The minimum Gasteiger partial charge on any atom is -0.446 e. The van der Waals surface area contributed by atoms with Gasteiger partial charge in [-0.3, -0.25) is 4.79 Å². The Hall–Kier alpha value is -2.41. The van der Waals surface area contributed by atoms with Gasteiger partial charge in [0, 0.05) is 25.6 Å². The summed E-state index contributed by atoms with van der Waals surface area (Å²) in [6.07, 6.45) is 13.0. The molecular weight excluding hydrogens is 532 g/mol. The quantitative estimate of drug-likeness (QED) is 0.112. The third-order valence-electron chi connectivity index (χ3n) is 6.89. The van der Waals surface area contributed by atoms with Crippen LogP contribution in [0.15, 0.2) is 12.2 Å². The molecule has 0 radical (unpaired) electrons. The Bertz CT molecular complexity index is 754. The highest BCUT2D eigenvalue weighted by molar-refractivity contribution is 5.77. The highest BCUT2D eigenvalue weighted by atomic mass is 16.6. The molecule has 1 heterocycles. The van der Waals surface area contributed by atoms with Gasteiger partial charge in [-0.15, -0.1) is 0 Å². The molecule has 4 N–H and O–H groups in total. The van der Waals surface area contributed by atoms with E-state index in [-0.39, 0.29) is 36.2 Å². The number of hydrogen-bond acceptors (Lipinski definition) is 8. The average Bonchev–Trinajstić information content (AvgIpc) is 3.25. The molecule has 0 aromatic carbocycles. The fourth-order valence-electron chi connectivity index (χ4n) is 4.57. The number of alkyl carbamates (subject to hydrolysis) is 1. The molecule has 3 atom stereocenters. The van der Waals surface area contributed by atoms with Crippen LogP contribution in [0.3, 0.4) is 0 Å². The van der Waals surface area contributed by atoms with E-state index in [9.17, 15) is 14.4 Å². The second kappa shape index (κ2) is 23.2. The van der Waals surface area contributed by atoms with Crippen LogP contribution in [0.2, 0.25) is 0 Å². The predicted octanol–water partition coefficient (Wildman–Crippen LogP) is 2.80. The van der Waals surface area contributed by atoms with E-state index in [1.165, 1.54) is 0 Å². The number of urea groups is 1. The second-order valence-corrected chi connectivity index (χ2v) is 10.3. The van der Waals surface area contributed by atoms with E-state index in [2.05, 4.69) is 33.4 Å². The second-order valence-electron chi connectivity index (χ2n) is 10.3. The smallest absolute Gasteiger partial charge is 0.407 e. The summed E-state index contributed by atoms with van der Waals surface area (Å²) in [5, 5.41) is 11.3. The summed E-state index contributed by atoms with van der Waals surface area (Å²) in [4.78, 5) is 35.1. The molecule has 4 amide bonds. The van der Waals surface area contributed by atoms with Crippen LogP contribution in [-0.4, -0.2) is 102 Å². The van der Waals surface area contributed by atoms with Crippen LogP contribution in [0.4, 0.5) is 9.59 Å². The molecule has 1 aliphatic carbocycles. The summed E-state index contributed by atoms with van der Waals surface area (Å²) in [5.74, 6) is 0.0345. The molecule has 2 aliphatic rings. The number of rotatable bonds is 22. The standard InChI is InChI=1S/C29H52N4O8/c1-24-26(33-28(35)32-24)12-8-5-9-13-27(34)30-14-16-37-18-20-39-22-23-40-21-19-38-17-15-31-29(36)41-25-10-6-3-2-4-7-11-25/h2-3,24-26H,4-23H2,1H3,(H,30,34)(H,31,36)(H2,32,33,35)/b3-2+/t24-,25?,26+/m0/s1. The summed E-state index contributed by atoms with van der Waals surface area (Å²) in [6, 6.07) is 0.248. The third kappa shape index (κ3) is 18.6. The number of hydrogen-bond donors (Lipinski definition) is 4.